The average Bonchev–Trinajstić information content (AvgIpc) is 1.98. The first-order chi connectivity index (χ1) is 5.13. The maximum absolute atomic E-state index is 10.3. The summed E-state index contributed by atoms with van der Waals surface area (Å²) >= 11 is 0. The Morgan fingerprint density at radius 2 is 2.36 bits per heavy atom. The number of carboxylic acids is 1. The summed E-state index contributed by atoms with van der Waals surface area (Å²) in [5.74, 6) is -1.77. The lowest BCUT2D eigenvalue weighted by Crippen LogP contribution is -2.26. The monoisotopic (exact) mass is 157 g/mol. The van der Waals surface area contributed by atoms with Crippen molar-refractivity contribution in [3.63, 3.8) is 0 Å². The highest BCUT2D eigenvalue weighted by atomic mass is 16.5. The third kappa shape index (κ3) is 3.01. The Kier molecular flexibility index (Phi) is 4.23. The fourth-order valence-electron chi connectivity index (χ4n) is 0.602. The third-order valence-electron chi connectivity index (χ3n) is 1.32. The van der Waals surface area contributed by atoms with Gasteiger partial charge in [0.25, 0.3) is 0 Å². The summed E-state index contributed by atoms with van der Waals surface area (Å²) in [6.45, 7) is 3.53. The zero-order valence-corrected chi connectivity index (χ0v) is 6.57. The van der Waals surface area contributed by atoms with Gasteiger partial charge in [-0.15, -0.1) is 0 Å². The lowest BCUT2D eigenvalue weighted by Gasteiger charge is -2.12. The molecule has 0 rings (SSSR count). The van der Waals surface area contributed by atoms with Gasteiger partial charge in [-0.3, -0.25) is 4.79 Å². The van der Waals surface area contributed by atoms with Crippen LogP contribution in [0.3, 0.4) is 0 Å². The SMILES string of the molecule is CCOC(C#N)C(C)C(=O)O. The molecule has 4 heteroatoms. The molecule has 62 valence electrons. The van der Waals surface area contributed by atoms with Crippen LogP contribution in [0.1, 0.15) is 13.8 Å². The summed E-state index contributed by atoms with van der Waals surface area (Å²) in [4.78, 5) is 10.3. The van der Waals surface area contributed by atoms with Gasteiger partial charge in [0.15, 0.2) is 6.10 Å². The molecule has 1 N–H and O–H groups in total. The highest BCUT2D eigenvalue weighted by molar-refractivity contribution is 5.70. The number of carboxylic acid groups (broad SMARTS) is 1. The predicted molar refractivity (Wildman–Crippen MR) is 37.8 cm³/mol. The van der Waals surface area contributed by atoms with Crippen LogP contribution in [-0.2, 0) is 9.53 Å². The van der Waals surface area contributed by atoms with Crippen molar-refractivity contribution >= 4 is 5.97 Å². The minimum Gasteiger partial charge on any atom is -0.481 e. The molecule has 0 aromatic rings. The number of hydrogen-bond acceptors (Lipinski definition) is 3. The molecule has 0 fully saturated rings. The molecule has 2 unspecified atom stereocenters. The Hall–Kier alpha value is -1.08. The molecule has 11 heavy (non-hydrogen) atoms. The van der Waals surface area contributed by atoms with Crippen LogP contribution in [0.5, 0.6) is 0 Å². The van der Waals surface area contributed by atoms with Gasteiger partial charge < -0.3 is 9.84 Å². The third-order valence-corrected chi connectivity index (χ3v) is 1.32. The number of aliphatic carboxylic acids is 1. The topological polar surface area (TPSA) is 70.3 Å². The number of hydrogen-bond donors (Lipinski definition) is 1. The van der Waals surface area contributed by atoms with Gasteiger partial charge in [0, 0.05) is 6.61 Å². The van der Waals surface area contributed by atoms with Crippen molar-refractivity contribution in [1.29, 1.82) is 5.26 Å². The molecular weight excluding hydrogens is 146 g/mol. The van der Waals surface area contributed by atoms with E-state index in [4.69, 9.17) is 15.1 Å². The quantitative estimate of drug-likeness (QED) is 0.649. The summed E-state index contributed by atoms with van der Waals surface area (Å²) in [6.07, 6.45) is -0.836. The number of nitriles is 1. The molecule has 0 radical (unpaired) electrons. The number of nitrogens with zero attached hydrogens (tertiary/aromatic N) is 1. The second-order valence-corrected chi connectivity index (χ2v) is 2.13. The summed E-state index contributed by atoms with van der Waals surface area (Å²) in [6, 6.07) is 1.78. The Bertz CT molecular complexity index is 173. The second kappa shape index (κ2) is 4.69. The summed E-state index contributed by atoms with van der Waals surface area (Å²) in [5, 5.41) is 16.9. The fraction of sp³-hybridized carbons (Fsp3) is 0.714. The highest BCUT2D eigenvalue weighted by Gasteiger charge is 2.23. The van der Waals surface area contributed by atoms with E-state index in [1.807, 2.05) is 0 Å². The first kappa shape index (κ1) is 9.92. The van der Waals surface area contributed by atoms with Gasteiger partial charge in [-0.05, 0) is 13.8 Å². The van der Waals surface area contributed by atoms with Gasteiger partial charge in [-0.25, -0.2) is 0 Å². The van der Waals surface area contributed by atoms with Crippen LogP contribution in [0.25, 0.3) is 0 Å². The molecule has 0 spiro atoms. The van der Waals surface area contributed by atoms with Crippen LogP contribution >= 0.6 is 0 Å². The smallest absolute Gasteiger partial charge is 0.309 e. The highest BCUT2D eigenvalue weighted by Crippen LogP contribution is 2.06. The molecule has 0 aliphatic carbocycles. The van der Waals surface area contributed by atoms with Crippen LogP contribution in [0.15, 0.2) is 0 Å². The van der Waals surface area contributed by atoms with E-state index in [9.17, 15) is 4.79 Å². The summed E-state index contributed by atoms with van der Waals surface area (Å²) in [7, 11) is 0. The van der Waals surface area contributed by atoms with Crippen molar-refractivity contribution in [3.8, 4) is 6.07 Å². The van der Waals surface area contributed by atoms with E-state index in [-0.39, 0.29) is 0 Å². The number of carbonyl (C=O) groups is 1. The Labute approximate surface area is 65.4 Å². The molecule has 0 amide bonds. The lowest BCUT2D eigenvalue weighted by atomic mass is 10.1. The van der Waals surface area contributed by atoms with E-state index in [1.54, 1.807) is 13.0 Å². The molecule has 0 saturated carbocycles. The molecule has 0 aromatic heterocycles. The van der Waals surface area contributed by atoms with E-state index in [0.29, 0.717) is 6.61 Å². The van der Waals surface area contributed by atoms with Gasteiger partial charge in [-0.2, -0.15) is 5.26 Å². The van der Waals surface area contributed by atoms with Crippen molar-refractivity contribution in [2.24, 2.45) is 5.92 Å². The Balaban J connectivity index is 4.05. The molecule has 0 heterocycles. The second-order valence-electron chi connectivity index (χ2n) is 2.13. The normalized spacial score (nSPS) is 15.0. The van der Waals surface area contributed by atoms with Gasteiger partial charge in [-0.1, -0.05) is 0 Å². The molecule has 0 aliphatic heterocycles. The van der Waals surface area contributed by atoms with Crippen molar-refractivity contribution in [1.82, 2.24) is 0 Å². The Morgan fingerprint density at radius 1 is 1.82 bits per heavy atom. The molecule has 0 saturated heterocycles. The van der Waals surface area contributed by atoms with Crippen molar-refractivity contribution < 1.29 is 14.6 Å². The van der Waals surface area contributed by atoms with E-state index in [2.05, 4.69) is 0 Å². The lowest BCUT2D eigenvalue weighted by molar-refractivity contribution is -0.144. The minimum atomic E-state index is -1.01. The van der Waals surface area contributed by atoms with Crippen LogP contribution < -0.4 is 0 Å². The molecule has 4 nitrogen and oxygen atoms in total. The van der Waals surface area contributed by atoms with Gasteiger partial charge in [0.2, 0.25) is 0 Å². The maximum atomic E-state index is 10.3. The molecular formula is C7H11NO3. The van der Waals surface area contributed by atoms with Crippen LogP contribution in [0.2, 0.25) is 0 Å². The first-order valence-electron chi connectivity index (χ1n) is 3.37. The van der Waals surface area contributed by atoms with E-state index in [0.717, 1.165) is 0 Å². The maximum Gasteiger partial charge on any atom is 0.309 e. The van der Waals surface area contributed by atoms with Crippen molar-refractivity contribution in [2.75, 3.05) is 6.61 Å². The fourth-order valence-corrected chi connectivity index (χ4v) is 0.602. The van der Waals surface area contributed by atoms with Gasteiger partial charge in [0.1, 0.15) is 0 Å². The predicted octanol–water partition coefficient (Wildman–Crippen LogP) is 0.636. The summed E-state index contributed by atoms with van der Waals surface area (Å²) < 4.78 is 4.87. The zero-order chi connectivity index (χ0) is 8.85. The van der Waals surface area contributed by atoms with Crippen molar-refractivity contribution in [3.05, 3.63) is 0 Å². The van der Waals surface area contributed by atoms with E-state index in [1.165, 1.54) is 6.92 Å². The standard InChI is InChI=1S/C7H11NO3/c1-3-11-6(4-8)5(2)7(9)10/h5-6H,3H2,1-2H3,(H,9,10). The van der Waals surface area contributed by atoms with Crippen LogP contribution in [-0.4, -0.2) is 23.8 Å². The largest absolute Gasteiger partial charge is 0.481 e. The molecule has 0 bridgehead atoms. The summed E-state index contributed by atoms with van der Waals surface area (Å²) in [5.41, 5.74) is 0. The number of ether oxygens (including phenoxy) is 1. The molecule has 0 aliphatic rings. The first-order valence-corrected chi connectivity index (χ1v) is 3.37. The van der Waals surface area contributed by atoms with Crippen LogP contribution in [0.4, 0.5) is 0 Å². The van der Waals surface area contributed by atoms with Gasteiger partial charge >= 0.3 is 5.97 Å². The zero-order valence-electron chi connectivity index (χ0n) is 6.57. The van der Waals surface area contributed by atoms with E-state index >= 15 is 0 Å². The van der Waals surface area contributed by atoms with Gasteiger partial charge in [0.05, 0.1) is 12.0 Å². The molecule has 2 atom stereocenters. The minimum absolute atomic E-state index is 0.357. The Morgan fingerprint density at radius 3 is 2.64 bits per heavy atom. The number of rotatable bonds is 4. The molecule has 0 aromatic carbocycles. The van der Waals surface area contributed by atoms with Crippen molar-refractivity contribution in [2.45, 2.75) is 20.0 Å². The van der Waals surface area contributed by atoms with Crippen LogP contribution in [0, 0.1) is 17.2 Å². The van der Waals surface area contributed by atoms with E-state index < -0.39 is 18.0 Å². The average molecular weight is 157 g/mol.